The van der Waals surface area contributed by atoms with E-state index in [1.165, 1.54) is 11.1 Å². The first-order chi connectivity index (χ1) is 15.2. The predicted octanol–water partition coefficient (Wildman–Crippen LogP) is 2.83. The average Bonchev–Trinajstić information content (AvgIpc) is 3.22. The van der Waals surface area contributed by atoms with Gasteiger partial charge in [0.25, 0.3) is 0 Å². The minimum absolute atomic E-state index is 0.0522. The zero-order valence-corrected chi connectivity index (χ0v) is 18.1. The summed E-state index contributed by atoms with van der Waals surface area (Å²) in [6, 6.07) is 17.1. The number of hydrogen-bond donors (Lipinski definition) is 1. The molecule has 2 aliphatic heterocycles. The summed E-state index contributed by atoms with van der Waals surface area (Å²) in [5.41, 5.74) is 3.98. The van der Waals surface area contributed by atoms with Gasteiger partial charge in [-0.3, -0.25) is 14.7 Å². The Hall–Kier alpha value is -2.86. The van der Waals surface area contributed by atoms with Gasteiger partial charge in [-0.2, -0.15) is 0 Å². The van der Waals surface area contributed by atoms with Gasteiger partial charge in [-0.1, -0.05) is 36.4 Å². The summed E-state index contributed by atoms with van der Waals surface area (Å²) in [7, 11) is 1.71. The first-order valence-corrected chi connectivity index (χ1v) is 11.3. The fourth-order valence-corrected chi connectivity index (χ4v) is 5.22. The van der Waals surface area contributed by atoms with Gasteiger partial charge in [0.15, 0.2) is 0 Å². The SMILES string of the molecule is COc1ccccc1N1CCN(CC(=O)NC2=NC3CCc4ccccc4C3C2)CC1. The Morgan fingerprint density at radius 1 is 1.10 bits per heavy atom. The van der Waals surface area contributed by atoms with Gasteiger partial charge in [0.2, 0.25) is 5.91 Å². The zero-order chi connectivity index (χ0) is 21.2. The third-order valence-electron chi connectivity index (χ3n) is 6.81. The molecule has 6 nitrogen and oxygen atoms in total. The van der Waals surface area contributed by atoms with Gasteiger partial charge in [-0.25, -0.2) is 0 Å². The second-order valence-corrected chi connectivity index (χ2v) is 8.67. The molecule has 5 rings (SSSR count). The van der Waals surface area contributed by atoms with Crippen LogP contribution in [0.4, 0.5) is 5.69 Å². The number of aliphatic imine (C=N–C) groups is 1. The van der Waals surface area contributed by atoms with Crippen LogP contribution in [0.1, 0.15) is 29.9 Å². The fraction of sp³-hybridized carbons (Fsp3) is 0.440. The van der Waals surface area contributed by atoms with Crippen molar-refractivity contribution in [3.8, 4) is 5.75 Å². The Balaban J connectivity index is 1.13. The number of ether oxygens (including phenoxy) is 1. The number of para-hydroxylation sites is 2. The Kier molecular flexibility index (Phi) is 5.64. The molecule has 31 heavy (non-hydrogen) atoms. The summed E-state index contributed by atoms with van der Waals surface area (Å²) >= 11 is 0. The van der Waals surface area contributed by atoms with E-state index in [4.69, 9.17) is 9.73 Å². The summed E-state index contributed by atoms with van der Waals surface area (Å²) in [6.45, 7) is 3.91. The van der Waals surface area contributed by atoms with Crippen LogP contribution in [0.5, 0.6) is 5.75 Å². The molecular weight excluding hydrogens is 388 g/mol. The smallest absolute Gasteiger partial charge is 0.239 e. The van der Waals surface area contributed by atoms with Crippen molar-refractivity contribution in [1.82, 2.24) is 10.2 Å². The lowest BCUT2D eigenvalue weighted by Gasteiger charge is -2.36. The highest BCUT2D eigenvalue weighted by Crippen LogP contribution is 2.39. The zero-order valence-electron chi connectivity index (χ0n) is 18.1. The standard InChI is InChI=1S/C25H30N4O2/c1-31-23-9-5-4-8-22(23)29-14-12-28(13-15-29)17-25(30)27-24-16-20-19-7-3-2-6-18(19)10-11-21(20)26-24/h2-9,20-21H,10-17H2,1H3,(H,26,27,30). The summed E-state index contributed by atoms with van der Waals surface area (Å²) in [4.78, 5) is 22.1. The van der Waals surface area contributed by atoms with Crippen molar-refractivity contribution in [1.29, 1.82) is 0 Å². The lowest BCUT2D eigenvalue weighted by Crippen LogP contribution is -2.50. The number of hydrogen-bond acceptors (Lipinski definition) is 5. The van der Waals surface area contributed by atoms with Crippen LogP contribution in [-0.2, 0) is 11.2 Å². The monoisotopic (exact) mass is 418 g/mol. The summed E-state index contributed by atoms with van der Waals surface area (Å²) in [5, 5.41) is 3.11. The van der Waals surface area contributed by atoms with E-state index in [2.05, 4.69) is 45.4 Å². The van der Waals surface area contributed by atoms with Crippen molar-refractivity contribution in [3.63, 3.8) is 0 Å². The molecule has 2 aromatic carbocycles. The molecule has 0 aromatic heterocycles. The lowest BCUT2D eigenvalue weighted by molar-refractivity contribution is -0.120. The van der Waals surface area contributed by atoms with E-state index in [0.717, 1.165) is 62.7 Å². The van der Waals surface area contributed by atoms with E-state index in [1.54, 1.807) is 7.11 Å². The Morgan fingerprint density at radius 2 is 1.87 bits per heavy atom. The maximum atomic E-state index is 12.7. The Morgan fingerprint density at radius 3 is 2.71 bits per heavy atom. The molecule has 1 aliphatic carbocycles. The molecule has 6 heteroatoms. The summed E-state index contributed by atoms with van der Waals surface area (Å²) < 4.78 is 5.49. The molecule has 0 spiro atoms. The van der Waals surface area contributed by atoms with E-state index in [9.17, 15) is 4.79 Å². The van der Waals surface area contributed by atoms with Crippen molar-refractivity contribution in [2.45, 2.75) is 31.2 Å². The van der Waals surface area contributed by atoms with Crippen LogP contribution in [0.25, 0.3) is 0 Å². The fourth-order valence-electron chi connectivity index (χ4n) is 5.22. The number of anilines is 1. The molecule has 162 valence electrons. The topological polar surface area (TPSA) is 57.2 Å². The lowest BCUT2D eigenvalue weighted by atomic mass is 9.79. The number of carbonyl (C=O) groups excluding carboxylic acids is 1. The number of amidine groups is 1. The van der Waals surface area contributed by atoms with Crippen molar-refractivity contribution in [2.75, 3.05) is 44.7 Å². The van der Waals surface area contributed by atoms with Crippen LogP contribution in [0.15, 0.2) is 53.5 Å². The number of aryl methyl sites for hydroxylation is 1. The first kappa shape index (κ1) is 20.1. The summed E-state index contributed by atoms with van der Waals surface area (Å²) in [5.74, 6) is 2.24. The molecule has 0 saturated carbocycles. The molecule has 3 aliphatic rings. The highest BCUT2D eigenvalue weighted by Gasteiger charge is 2.35. The van der Waals surface area contributed by atoms with Crippen LogP contribution in [0, 0.1) is 0 Å². The van der Waals surface area contributed by atoms with E-state index in [1.807, 2.05) is 18.2 Å². The highest BCUT2D eigenvalue weighted by molar-refractivity contribution is 6.00. The second kappa shape index (κ2) is 8.71. The number of piperazine rings is 1. The van der Waals surface area contributed by atoms with Crippen LogP contribution in [-0.4, -0.2) is 62.5 Å². The maximum absolute atomic E-state index is 12.7. The average molecular weight is 419 g/mol. The molecule has 1 N–H and O–H groups in total. The number of fused-ring (bicyclic) bond motifs is 3. The third-order valence-corrected chi connectivity index (χ3v) is 6.81. The quantitative estimate of drug-likeness (QED) is 0.830. The van der Waals surface area contributed by atoms with Crippen molar-refractivity contribution in [3.05, 3.63) is 59.7 Å². The van der Waals surface area contributed by atoms with Gasteiger partial charge in [0.05, 0.1) is 25.4 Å². The first-order valence-electron chi connectivity index (χ1n) is 11.3. The van der Waals surface area contributed by atoms with Crippen molar-refractivity contribution in [2.24, 2.45) is 4.99 Å². The second-order valence-electron chi connectivity index (χ2n) is 8.67. The van der Waals surface area contributed by atoms with Crippen LogP contribution in [0.2, 0.25) is 0 Å². The Labute approximate surface area is 183 Å². The third kappa shape index (κ3) is 4.17. The number of amides is 1. The van der Waals surface area contributed by atoms with E-state index in [-0.39, 0.29) is 5.91 Å². The van der Waals surface area contributed by atoms with Gasteiger partial charge in [-0.05, 0) is 36.1 Å². The molecule has 0 bridgehead atoms. The van der Waals surface area contributed by atoms with E-state index >= 15 is 0 Å². The van der Waals surface area contributed by atoms with Gasteiger partial charge in [0, 0.05) is 38.5 Å². The minimum Gasteiger partial charge on any atom is -0.495 e. The maximum Gasteiger partial charge on any atom is 0.239 e. The number of benzene rings is 2. The predicted molar refractivity (Wildman–Crippen MR) is 123 cm³/mol. The molecule has 2 atom stereocenters. The molecule has 2 unspecified atom stereocenters. The minimum atomic E-state index is 0.0522. The van der Waals surface area contributed by atoms with Crippen LogP contribution >= 0.6 is 0 Å². The largest absolute Gasteiger partial charge is 0.495 e. The highest BCUT2D eigenvalue weighted by atomic mass is 16.5. The molecule has 1 fully saturated rings. The molecule has 0 radical (unpaired) electrons. The number of nitrogens with one attached hydrogen (secondary N) is 1. The number of carbonyl (C=O) groups is 1. The number of nitrogens with zero attached hydrogens (tertiary/aromatic N) is 3. The van der Waals surface area contributed by atoms with Crippen molar-refractivity contribution < 1.29 is 9.53 Å². The van der Waals surface area contributed by atoms with Gasteiger partial charge in [-0.15, -0.1) is 0 Å². The normalized spacial score (nSPS) is 23.0. The van der Waals surface area contributed by atoms with E-state index in [0.29, 0.717) is 18.5 Å². The summed E-state index contributed by atoms with van der Waals surface area (Å²) in [6.07, 6.45) is 3.00. The van der Waals surface area contributed by atoms with Crippen LogP contribution in [0.3, 0.4) is 0 Å². The molecule has 1 amide bonds. The number of rotatable bonds is 4. The number of methoxy groups -OCH3 is 1. The molecular formula is C25H30N4O2. The Bertz CT molecular complexity index is 981. The molecule has 2 heterocycles. The van der Waals surface area contributed by atoms with Gasteiger partial charge >= 0.3 is 0 Å². The van der Waals surface area contributed by atoms with Crippen LogP contribution < -0.4 is 15.0 Å². The molecule has 1 saturated heterocycles. The van der Waals surface area contributed by atoms with Crippen molar-refractivity contribution >= 4 is 17.4 Å². The van der Waals surface area contributed by atoms with E-state index < -0.39 is 0 Å². The van der Waals surface area contributed by atoms with Gasteiger partial charge in [0.1, 0.15) is 11.6 Å². The van der Waals surface area contributed by atoms with Gasteiger partial charge < -0.3 is 15.0 Å². The molecule has 2 aromatic rings.